The quantitative estimate of drug-likeness (QED) is 0.695. The molecule has 0 aliphatic carbocycles. The smallest absolute Gasteiger partial charge is 0.258 e. The molecular formula is C21H22N2O3. The summed E-state index contributed by atoms with van der Waals surface area (Å²) in [5.74, 6) is 1.64. The molecule has 134 valence electrons. The highest BCUT2D eigenvalue weighted by molar-refractivity contribution is 5.77. The monoisotopic (exact) mass is 350 g/mol. The number of nitrogens with one attached hydrogen (secondary N) is 1. The first-order valence-electron chi connectivity index (χ1n) is 8.60. The predicted octanol–water partition coefficient (Wildman–Crippen LogP) is 4.16. The highest BCUT2D eigenvalue weighted by Crippen LogP contribution is 2.21. The zero-order valence-corrected chi connectivity index (χ0v) is 14.9. The Labute approximate surface area is 153 Å². The number of rotatable bonds is 7. The lowest BCUT2D eigenvalue weighted by Gasteiger charge is -2.10. The van der Waals surface area contributed by atoms with Crippen molar-refractivity contribution in [3.8, 4) is 17.2 Å². The molecule has 0 bridgehead atoms. The molecule has 0 saturated heterocycles. The second kappa shape index (κ2) is 8.34. The summed E-state index contributed by atoms with van der Waals surface area (Å²) in [7, 11) is 0. The normalized spacial score (nSPS) is 10.7. The highest BCUT2D eigenvalue weighted by atomic mass is 16.5. The van der Waals surface area contributed by atoms with Crippen molar-refractivity contribution >= 4 is 5.91 Å². The topological polar surface area (TPSA) is 64.4 Å². The van der Waals surface area contributed by atoms with Gasteiger partial charge in [-0.15, -0.1) is 0 Å². The summed E-state index contributed by atoms with van der Waals surface area (Å²) < 4.78 is 10.9. The van der Waals surface area contributed by atoms with E-state index in [-0.39, 0.29) is 12.5 Å². The third kappa shape index (κ3) is 4.51. The summed E-state index contributed by atoms with van der Waals surface area (Å²) in [4.78, 5) is 16.4. The number of carbonyl (C=O) groups is 1. The number of pyridine rings is 1. The molecule has 0 aliphatic rings. The summed E-state index contributed by atoms with van der Waals surface area (Å²) in [6, 6.07) is 15.2. The van der Waals surface area contributed by atoms with Gasteiger partial charge in [-0.25, -0.2) is 0 Å². The second-order valence-corrected chi connectivity index (χ2v) is 6.28. The SMILES string of the molecule is CC(C)c1ccc(OCC(=O)NCc2cccnc2-c2ccco2)cc1. The standard InChI is InChI=1S/C21H22N2O3/c1-15(2)16-7-9-18(10-8-16)26-14-20(24)23-13-17-5-3-11-22-21(17)19-6-4-12-25-19/h3-12,15H,13-14H2,1-2H3,(H,23,24). The van der Waals surface area contributed by atoms with Crippen LogP contribution in [-0.2, 0) is 11.3 Å². The predicted molar refractivity (Wildman–Crippen MR) is 99.8 cm³/mol. The van der Waals surface area contributed by atoms with Crippen molar-refractivity contribution in [2.24, 2.45) is 0 Å². The van der Waals surface area contributed by atoms with Crippen LogP contribution in [0, 0.1) is 0 Å². The molecule has 0 fully saturated rings. The fourth-order valence-electron chi connectivity index (χ4n) is 2.56. The van der Waals surface area contributed by atoms with Crippen LogP contribution in [0.5, 0.6) is 5.75 Å². The molecule has 2 heterocycles. The van der Waals surface area contributed by atoms with E-state index < -0.39 is 0 Å². The summed E-state index contributed by atoms with van der Waals surface area (Å²) in [5.41, 5.74) is 2.85. The van der Waals surface area contributed by atoms with Crippen LogP contribution in [0.3, 0.4) is 0 Å². The van der Waals surface area contributed by atoms with Crippen molar-refractivity contribution < 1.29 is 13.9 Å². The Hall–Kier alpha value is -3.08. The number of hydrogen-bond donors (Lipinski definition) is 1. The summed E-state index contributed by atoms with van der Waals surface area (Å²) in [5, 5.41) is 2.86. The fraction of sp³-hybridized carbons (Fsp3) is 0.238. The number of furan rings is 1. The number of ether oxygens (including phenoxy) is 1. The van der Waals surface area contributed by atoms with Gasteiger partial charge in [0, 0.05) is 18.3 Å². The summed E-state index contributed by atoms with van der Waals surface area (Å²) in [6.07, 6.45) is 3.30. The summed E-state index contributed by atoms with van der Waals surface area (Å²) >= 11 is 0. The fourth-order valence-corrected chi connectivity index (χ4v) is 2.56. The molecule has 0 spiro atoms. The van der Waals surface area contributed by atoms with Crippen LogP contribution < -0.4 is 10.1 Å². The van der Waals surface area contributed by atoms with Crippen LogP contribution in [0.2, 0.25) is 0 Å². The average Bonchev–Trinajstić information content (AvgIpc) is 3.20. The van der Waals surface area contributed by atoms with E-state index in [1.54, 1.807) is 12.5 Å². The van der Waals surface area contributed by atoms with Gasteiger partial charge in [0.05, 0.1) is 6.26 Å². The first kappa shape index (κ1) is 17.7. The van der Waals surface area contributed by atoms with E-state index in [0.29, 0.717) is 24.0 Å². The van der Waals surface area contributed by atoms with Gasteiger partial charge in [-0.3, -0.25) is 9.78 Å². The van der Waals surface area contributed by atoms with Crippen LogP contribution >= 0.6 is 0 Å². The number of aromatic nitrogens is 1. The number of amides is 1. The van der Waals surface area contributed by atoms with Crippen LogP contribution in [0.1, 0.15) is 30.9 Å². The van der Waals surface area contributed by atoms with Gasteiger partial charge in [-0.05, 0) is 41.8 Å². The van der Waals surface area contributed by atoms with E-state index in [1.807, 2.05) is 48.5 Å². The number of nitrogens with zero attached hydrogens (tertiary/aromatic N) is 1. The van der Waals surface area contributed by atoms with Crippen LogP contribution in [0.25, 0.3) is 11.5 Å². The van der Waals surface area contributed by atoms with Gasteiger partial charge in [-0.2, -0.15) is 0 Å². The van der Waals surface area contributed by atoms with E-state index >= 15 is 0 Å². The molecule has 26 heavy (non-hydrogen) atoms. The first-order valence-corrected chi connectivity index (χ1v) is 8.60. The minimum absolute atomic E-state index is 0.0304. The van der Waals surface area contributed by atoms with Gasteiger partial charge in [0.15, 0.2) is 12.4 Å². The van der Waals surface area contributed by atoms with Crippen molar-refractivity contribution in [2.75, 3.05) is 6.61 Å². The van der Waals surface area contributed by atoms with Gasteiger partial charge < -0.3 is 14.5 Å². The van der Waals surface area contributed by atoms with Crippen molar-refractivity contribution in [1.29, 1.82) is 0 Å². The molecule has 1 amide bonds. The van der Waals surface area contributed by atoms with Gasteiger partial charge in [-0.1, -0.05) is 32.0 Å². The molecule has 5 heteroatoms. The first-order chi connectivity index (χ1) is 12.6. The average molecular weight is 350 g/mol. The van der Waals surface area contributed by atoms with Gasteiger partial charge >= 0.3 is 0 Å². The lowest BCUT2D eigenvalue weighted by Crippen LogP contribution is -2.28. The maximum Gasteiger partial charge on any atom is 0.258 e. The van der Waals surface area contributed by atoms with E-state index in [0.717, 1.165) is 11.3 Å². The van der Waals surface area contributed by atoms with E-state index in [9.17, 15) is 4.79 Å². The summed E-state index contributed by atoms with van der Waals surface area (Å²) in [6.45, 7) is 4.60. The van der Waals surface area contributed by atoms with Gasteiger partial charge in [0.25, 0.3) is 5.91 Å². The van der Waals surface area contributed by atoms with Crippen molar-refractivity contribution in [3.05, 3.63) is 72.1 Å². The second-order valence-electron chi connectivity index (χ2n) is 6.28. The zero-order valence-electron chi connectivity index (χ0n) is 14.9. The number of benzene rings is 1. The zero-order chi connectivity index (χ0) is 18.4. The third-order valence-corrected chi connectivity index (χ3v) is 4.04. The molecule has 0 aliphatic heterocycles. The van der Waals surface area contributed by atoms with Crippen LogP contribution in [-0.4, -0.2) is 17.5 Å². The van der Waals surface area contributed by atoms with Gasteiger partial charge in [0.2, 0.25) is 0 Å². The van der Waals surface area contributed by atoms with E-state index in [1.165, 1.54) is 5.56 Å². The molecule has 1 N–H and O–H groups in total. The molecule has 0 saturated carbocycles. The maximum absolute atomic E-state index is 12.1. The van der Waals surface area contributed by atoms with Crippen molar-refractivity contribution in [1.82, 2.24) is 10.3 Å². The molecule has 5 nitrogen and oxygen atoms in total. The molecular weight excluding hydrogens is 328 g/mol. The largest absolute Gasteiger partial charge is 0.484 e. The Morgan fingerprint density at radius 2 is 1.96 bits per heavy atom. The van der Waals surface area contributed by atoms with Gasteiger partial charge in [0.1, 0.15) is 11.4 Å². The minimum Gasteiger partial charge on any atom is -0.484 e. The Bertz CT molecular complexity index is 840. The Morgan fingerprint density at radius 1 is 1.15 bits per heavy atom. The molecule has 1 aromatic carbocycles. The van der Waals surface area contributed by atoms with Crippen molar-refractivity contribution in [2.45, 2.75) is 26.3 Å². The van der Waals surface area contributed by atoms with E-state index in [2.05, 4.69) is 24.1 Å². The molecule has 0 atom stereocenters. The van der Waals surface area contributed by atoms with E-state index in [4.69, 9.17) is 9.15 Å². The Morgan fingerprint density at radius 3 is 2.65 bits per heavy atom. The molecule has 0 radical (unpaired) electrons. The molecule has 3 rings (SSSR count). The Kier molecular flexibility index (Phi) is 5.69. The molecule has 2 aromatic heterocycles. The maximum atomic E-state index is 12.1. The van der Waals surface area contributed by atoms with Crippen LogP contribution in [0.4, 0.5) is 0 Å². The van der Waals surface area contributed by atoms with Crippen molar-refractivity contribution in [3.63, 3.8) is 0 Å². The lowest BCUT2D eigenvalue weighted by atomic mass is 10.0. The highest BCUT2D eigenvalue weighted by Gasteiger charge is 2.10. The lowest BCUT2D eigenvalue weighted by molar-refractivity contribution is -0.123. The molecule has 0 unspecified atom stereocenters. The van der Waals surface area contributed by atoms with Crippen LogP contribution in [0.15, 0.2) is 65.4 Å². The number of hydrogen-bond acceptors (Lipinski definition) is 4. The Balaban J connectivity index is 1.53. The third-order valence-electron chi connectivity index (χ3n) is 4.04. The molecule has 3 aromatic rings. The number of carbonyl (C=O) groups excluding carboxylic acids is 1. The minimum atomic E-state index is -0.188.